The molecule has 0 amide bonds. The van der Waals surface area contributed by atoms with Crippen molar-refractivity contribution in [2.24, 2.45) is 0 Å². The molecule has 31 heavy (non-hydrogen) atoms. The Morgan fingerprint density at radius 1 is 1.39 bits per heavy atom. The van der Waals surface area contributed by atoms with Gasteiger partial charge in [-0.05, 0) is 26.2 Å². The number of unbranched alkanes of at least 4 members (excludes halogenated alkanes) is 1. The van der Waals surface area contributed by atoms with E-state index in [1.54, 1.807) is 6.33 Å². The normalized spacial score (nSPS) is 25.8. The summed E-state index contributed by atoms with van der Waals surface area (Å²) in [4.78, 5) is 27.0. The number of rotatable bonds is 8. The zero-order chi connectivity index (χ0) is 21.8. The zero-order valence-electron chi connectivity index (χ0n) is 18.4. The monoisotopic (exact) mass is 544 g/mol. The van der Waals surface area contributed by atoms with Crippen LogP contribution < -0.4 is 10.9 Å². The predicted molar refractivity (Wildman–Crippen MR) is 128 cm³/mol. The molecule has 0 aromatic carbocycles. The van der Waals surface area contributed by atoms with Gasteiger partial charge in [0.25, 0.3) is 5.56 Å². The summed E-state index contributed by atoms with van der Waals surface area (Å²) in [6.07, 6.45) is 9.82. The summed E-state index contributed by atoms with van der Waals surface area (Å²) in [6.45, 7) is 7.08. The number of aromatic amines is 1. The highest BCUT2D eigenvalue weighted by Crippen LogP contribution is 2.34. The van der Waals surface area contributed by atoms with Crippen LogP contribution in [0.4, 0.5) is 5.95 Å². The average Bonchev–Trinajstić information content (AvgIpc) is 3.19. The predicted octanol–water partition coefficient (Wildman–Crippen LogP) is 3.62. The largest absolute Gasteiger partial charge is 0.356 e. The topological polar surface area (TPSA) is 97.3 Å². The van der Waals surface area contributed by atoms with E-state index >= 15 is 0 Å². The van der Waals surface area contributed by atoms with Crippen molar-refractivity contribution in [3.05, 3.63) is 16.7 Å². The number of ether oxygens (including phenoxy) is 1. The maximum Gasteiger partial charge on any atom is 0.280 e. The summed E-state index contributed by atoms with van der Waals surface area (Å²) in [7, 11) is 0. The summed E-state index contributed by atoms with van der Waals surface area (Å²) in [6, 6.07) is 0.561. The van der Waals surface area contributed by atoms with Crippen LogP contribution in [-0.4, -0.2) is 62.3 Å². The molecule has 2 aromatic rings. The molecular weight excluding hydrogens is 511 g/mol. The minimum Gasteiger partial charge on any atom is -0.356 e. The van der Waals surface area contributed by atoms with E-state index in [0.29, 0.717) is 29.8 Å². The highest BCUT2D eigenvalue weighted by molar-refractivity contribution is 14.1. The van der Waals surface area contributed by atoms with Crippen molar-refractivity contribution in [1.82, 2.24) is 24.4 Å². The molecule has 2 aliphatic rings. The van der Waals surface area contributed by atoms with Crippen LogP contribution >= 0.6 is 23.0 Å². The third-order valence-corrected chi connectivity index (χ3v) is 6.68. The molecular formula is C21H33IN6O3. The van der Waals surface area contributed by atoms with Crippen molar-refractivity contribution in [3.63, 3.8) is 0 Å². The third-order valence-electron chi connectivity index (χ3n) is 6.37. The fourth-order valence-corrected chi connectivity index (χ4v) is 5.42. The van der Waals surface area contributed by atoms with E-state index in [-0.39, 0.29) is 11.8 Å². The van der Waals surface area contributed by atoms with Crippen LogP contribution in [0.3, 0.4) is 0 Å². The summed E-state index contributed by atoms with van der Waals surface area (Å²) >= 11 is 1.94. The van der Waals surface area contributed by atoms with E-state index in [0.717, 1.165) is 32.5 Å². The van der Waals surface area contributed by atoms with Crippen LogP contribution in [0, 0.1) is 0 Å². The number of halogens is 1. The van der Waals surface area contributed by atoms with Gasteiger partial charge in [-0.3, -0.25) is 19.2 Å². The van der Waals surface area contributed by atoms with Crippen molar-refractivity contribution in [2.45, 2.75) is 76.7 Å². The molecule has 2 atom stereocenters. The van der Waals surface area contributed by atoms with Crippen LogP contribution in [0.2, 0.25) is 0 Å². The maximum absolute atomic E-state index is 12.6. The number of H-pyrrole nitrogens is 1. The Morgan fingerprint density at radius 2 is 2.19 bits per heavy atom. The van der Waals surface area contributed by atoms with Crippen molar-refractivity contribution < 1.29 is 7.80 Å². The van der Waals surface area contributed by atoms with Crippen LogP contribution in [0.15, 0.2) is 11.1 Å². The molecule has 2 aromatic heterocycles. The molecule has 3 heterocycles. The van der Waals surface area contributed by atoms with Crippen LogP contribution in [0.1, 0.15) is 65.0 Å². The molecule has 2 fully saturated rings. The van der Waals surface area contributed by atoms with Crippen molar-refractivity contribution >= 4 is 40.1 Å². The number of fused-ring (bicyclic) bond motifs is 1. The second kappa shape index (κ2) is 10.1. The van der Waals surface area contributed by atoms with Crippen molar-refractivity contribution in [3.8, 4) is 0 Å². The first kappa shape index (κ1) is 22.9. The number of aromatic nitrogens is 4. The Balaban J connectivity index is 1.64. The Hall–Kier alpha value is -1.24. The van der Waals surface area contributed by atoms with Gasteiger partial charge in [-0.15, -0.1) is 0 Å². The summed E-state index contributed by atoms with van der Waals surface area (Å²) < 4.78 is 13.9. The first-order chi connectivity index (χ1) is 15.0. The Kier molecular flexibility index (Phi) is 7.50. The van der Waals surface area contributed by atoms with Crippen LogP contribution in [0.25, 0.3) is 11.2 Å². The summed E-state index contributed by atoms with van der Waals surface area (Å²) in [5.74, 6) is 0.478. The first-order valence-electron chi connectivity index (χ1n) is 11.4. The van der Waals surface area contributed by atoms with E-state index in [2.05, 4.69) is 39.0 Å². The number of nitrogens with one attached hydrogen (secondary N) is 2. The first-order valence-corrected chi connectivity index (χ1v) is 12.3. The van der Waals surface area contributed by atoms with Crippen molar-refractivity contribution in [2.75, 3.05) is 31.6 Å². The van der Waals surface area contributed by atoms with E-state index < -0.39 is 5.60 Å². The fourth-order valence-electron chi connectivity index (χ4n) is 4.77. The van der Waals surface area contributed by atoms with Gasteiger partial charge < -0.3 is 13.1 Å². The van der Waals surface area contributed by atoms with Crippen LogP contribution in [0.5, 0.6) is 0 Å². The number of hydrogen-bond donors (Lipinski definition) is 2. The third kappa shape index (κ3) is 5.23. The van der Waals surface area contributed by atoms with Gasteiger partial charge in [0, 0.05) is 25.7 Å². The maximum atomic E-state index is 12.6. The van der Waals surface area contributed by atoms with Gasteiger partial charge in [-0.1, -0.05) is 32.6 Å². The zero-order valence-corrected chi connectivity index (χ0v) is 20.6. The van der Waals surface area contributed by atoms with Gasteiger partial charge in [0.05, 0.1) is 12.9 Å². The van der Waals surface area contributed by atoms with E-state index in [1.165, 1.54) is 32.1 Å². The van der Waals surface area contributed by atoms with Crippen molar-refractivity contribution in [1.29, 1.82) is 0 Å². The lowest BCUT2D eigenvalue weighted by Gasteiger charge is -2.47. The number of nitrogens with zero attached hydrogens (tertiary/aromatic N) is 4. The van der Waals surface area contributed by atoms with E-state index in [1.807, 2.05) is 27.6 Å². The molecule has 2 N–H and O–H groups in total. The molecule has 0 radical (unpaired) electrons. The van der Waals surface area contributed by atoms with Gasteiger partial charge in [-0.25, -0.2) is 4.98 Å². The Labute approximate surface area is 197 Å². The quantitative estimate of drug-likeness (QED) is 0.387. The SMILES string of the molecule is CCCCNc1nc2c(ncn2C2CN(C3CCCCC3)CC(C)(COI)O2)c(=O)[nH]1. The van der Waals surface area contributed by atoms with E-state index in [9.17, 15) is 4.79 Å². The second-order valence-electron chi connectivity index (χ2n) is 9.02. The molecule has 0 bridgehead atoms. The Morgan fingerprint density at radius 3 is 2.94 bits per heavy atom. The van der Waals surface area contributed by atoms with Gasteiger partial charge in [-0.2, -0.15) is 4.98 Å². The average molecular weight is 544 g/mol. The highest BCUT2D eigenvalue weighted by atomic mass is 127. The molecule has 9 nitrogen and oxygen atoms in total. The second-order valence-corrected chi connectivity index (χ2v) is 9.64. The summed E-state index contributed by atoms with van der Waals surface area (Å²) in [5.41, 5.74) is 0.213. The lowest BCUT2D eigenvalue weighted by atomic mass is 9.92. The fraction of sp³-hybridized carbons (Fsp3) is 0.762. The molecule has 2 unspecified atom stereocenters. The molecule has 172 valence electrons. The minimum absolute atomic E-state index is 0.235. The standard InChI is InChI=1S/C21H33IN6O3/c1-3-4-10-23-20-25-18-17(19(29)26-20)24-14-28(18)16-11-27(15-8-6-5-7-9-15)12-21(2,31-16)13-30-22/h14-16H,3-13H2,1-2H3,(H2,23,25,26,29). The molecule has 1 aliphatic carbocycles. The number of hydrogen-bond acceptors (Lipinski definition) is 7. The Bertz CT molecular complexity index is 927. The number of morpholine rings is 1. The molecule has 0 spiro atoms. The van der Waals surface area contributed by atoms with E-state index in [4.69, 9.17) is 7.80 Å². The molecule has 10 heteroatoms. The summed E-state index contributed by atoms with van der Waals surface area (Å²) in [5, 5.41) is 3.22. The molecule has 1 saturated carbocycles. The highest BCUT2D eigenvalue weighted by Gasteiger charge is 2.41. The van der Waals surface area contributed by atoms with Gasteiger partial charge in [0.1, 0.15) is 34.8 Å². The lowest BCUT2D eigenvalue weighted by molar-refractivity contribution is -0.191. The molecule has 4 rings (SSSR count). The van der Waals surface area contributed by atoms with Gasteiger partial charge in [0.2, 0.25) is 5.95 Å². The van der Waals surface area contributed by atoms with Gasteiger partial charge >= 0.3 is 0 Å². The molecule has 1 saturated heterocycles. The lowest BCUT2D eigenvalue weighted by Crippen LogP contribution is -2.57. The molecule has 1 aliphatic heterocycles. The smallest absolute Gasteiger partial charge is 0.280 e. The van der Waals surface area contributed by atoms with Gasteiger partial charge in [0.15, 0.2) is 11.2 Å². The number of anilines is 1. The van der Waals surface area contributed by atoms with Crippen LogP contribution in [-0.2, 0) is 7.80 Å². The number of imidazole rings is 1. The minimum atomic E-state index is -0.443.